The zero-order valence-electron chi connectivity index (χ0n) is 16.2. The summed E-state index contributed by atoms with van der Waals surface area (Å²) in [7, 11) is -3.84. The third kappa shape index (κ3) is 4.76. The van der Waals surface area contributed by atoms with E-state index < -0.39 is 27.7 Å². The van der Waals surface area contributed by atoms with Gasteiger partial charge in [-0.1, -0.05) is 0 Å². The molecule has 3 rings (SSSR count). The summed E-state index contributed by atoms with van der Waals surface area (Å²) in [4.78, 5) is 12.5. The van der Waals surface area contributed by atoms with Gasteiger partial charge >= 0.3 is 6.18 Å². The van der Waals surface area contributed by atoms with Gasteiger partial charge in [0, 0.05) is 24.3 Å². The van der Waals surface area contributed by atoms with Crippen molar-refractivity contribution in [2.75, 3.05) is 25.0 Å². The number of ether oxygens (including phenoxy) is 1. The molecule has 0 aromatic heterocycles. The Morgan fingerprint density at radius 2 is 1.73 bits per heavy atom. The van der Waals surface area contributed by atoms with Gasteiger partial charge in [0.15, 0.2) is 0 Å². The van der Waals surface area contributed by atoms with E-state index in [0.29, 0.717) is 13.1 Å². The van der Waals surface area contributed by atoms with E-state index in [-0.39, 0.29) is 28.5 Å². The lowest BCUT2D eigenvalue weighted by Crippen LogP contribution is -2.28. The van der Waals surface area contributed by atoms with E-state index >= 15 is 0 Å². The van der Waals surface area contributed by atoms with E-state index in [1.54, 1.807) is 6.92 Å². The number of nitrogens with zero attached hydrogens (tertiary/aromatic N) is 1. The highest BCUT2D eigenvalue weighted by molar-refractivity contribution is 7.89. The summed E-state index contributed by atoms with van der Waals surface area (Å²) in [5.41, 5.74) is -0.623. The first-order chi connectivity index (χ1) is 14.1. The maximum atomic E-state index is 13.0. The molecule has 1 aliphatic rings. The molecule has 2 aromatic carbocycles. The molecule has 0 unspecified atom stereocenters. The van der Waals surface area contributed by atoms with Gasteiger partial charge in [0.2, 0.25) is 10.0 Å². The largest absolute Gasteiger partial charge is 0.492 e. The van der Waals surface area contributed by atoms with Crippen LogP contribution in [0.3, 0.4) is 0 Å². The highest BCUT2D eigenvalue weighted by Gasteiger charge is 2.31. The second kappa shape index (κ2) is 8.65. The van der Waals surface area contributed by atoms with Gasteiger partial charge in [0.25, 0.3) is 5.91 Å². The lowest BCUT2D eigenvalue weighted by Gasteiger charge is -2.19. The molecule has 1 fully saturated rings. The number of benzene rings is 2. The number of halogens is 3. The molecule has 30 heavy (non-hydrogen) atoms. The second-order valence-electron chi connectivity index (χ2n) is 6.73. The summed E-state index contributed by atoms with van der Waals surface area (Å²) >= 11 is 0. The first-order valence-corrected chi connectivity index (χ1v) is 10.8. The van der Waals surface area contributed by atoms with Crippen LogP contribution < -0.4 is 10.1 Å². The van der Waals surface area contributed by atoms with Gasteiger partial charge in [-0.15, -0.1) is 0 Å². The molecule has 0 bridgehead atoms. The summed E-state index contributed by atoms with van der Waals surface area (Å²) in [5.74, 6) is -0.494. The zero-order valence-corrected chi connectivity index (χ0v) is 17.0. The topological polar surface area (TPSA) is 75.7 Å². The Morgan fingerprint density at radius 3 is 2.30 bits per heavy atom. The third-order valence-corrected chi connectivity index (χ3v) is 6.58. The number of nitrogens with one attached hydrogen (secondary N) is 1. The van der Waals surface area contributed by atoms with Crippen molar-refractivity contribution in [2.24, 2.45) is 0 Å². The Balaban J connectivity index is 1.87. The maximum Gasteiger partial charge on any atom is 0.416 e. The number of alkyl halides is 3. The maximum absolute atomic E-state index is 13.0. The average molecular weight is 442 g/mol. The molecule has 1 amide bonds. The van der Waals surface area contributed by atoms with Gasteiger partial charge in [-0.2, -0.15) is 17.5 Å². The fourth-order valence-electron chi connectivity index (χ4n) is 3.14. The average Bonchev–Trinajstić information content (AvgIpc) is 3.24. The van der Waals surface area contributed by atoms with Crippen LogP contribution in [0.2, 0.25) is 0 Å². The first-order valence-electron chi connectivity index (χ1n) is 9.38. The number of rotatable bonds is 6. The zero-order chi connectivity index (χ0) is 21.9. The molecule has 0 aliphatic carbocycles. The number of anilines is 1. The van der Waals surface area contributed by atoms with Crippen LogP contribution in [0.15, 0.2) is 47.4 Å². The molecule has 1 heterocycles. The number of hydrogen-bond donors (Lipinski definition) is 1. The van der Waals surface area contributed by atoms with E-state index in [2.05, 4.69) is 5.32 Å². The number of carbonyl (C=O) groups excluding carboxylic acids is 1. The van der Waals surface area contributed by atoms with E-state index in [9.17, 15) is 26.4 Å². The van der Waals surface area contributed by atoms with Crippen LogP contribution in [0.5, 0.6) is 5.75 Å². The molecule has 2 aromatic rings. The number of sulfonamides is 1. The summed E-state index contributed by atoms with van der Waals surface area (Å²) in [6, 6.07) is 8.04. The lowest BCUT2D eigenvalue weighted by atomic mass is 10.1. The molecular formula is C20H21F3N2O4S. The van der Waals surface area contributed by atoms with Crippen molar-refractivity contribution >= 4 is 21.6 Å². The Hall–Kier alpha value is -2.59. The molecule has 1 saturated heterocycles. The molecule has 0 saturated carbocycles. The summed E-state index contributed by atoms with van der Waals surface area (Å²) < 4.78 is 70.8. The number of amides is 1. The minimum atomic E-state index is -4.48. The Morgan fingerprint density at radius 1 is 1.10 bits per heavy atom. The monoisotopic (exact) mass is 442 g/mol. The fraction of sp³-hybridized carbons (Fsp3) is 0.350. The molecule has 0 atom stereocenters. The first kappa shape index (κ1) is 22.1. The van der Waals surface area contributed by atoms with Crippen LogP contribution in [0.4, 0.5) is 18.9 Å². The Kier molecular flexibility index (Phi) is 6.37. The third-order valence-electron chi connectivity index (χ3n) is 4.66. The van der Waals surface area contributed by atoms with Gasteiger partial charge in [0.1, 0.15) is 10.6 Å². The SMILES string of the molecule is CCOc1ccc(C(=O)Nc2ccc(C(F)(F)F)cc2)cc1S(=O)(=O)N1CCCC1. The van der Waals surface area contributed by atoms with Gasteiger partial charge in [-0.25, -0.2) is 8.42 Å². The lowest BCUT2D eigenvalue weighted by molar-refractivity contribution is -0.137. The van der Waals surface area contributed by atoms with Gasteiger partial charge in [0.05, 0.1) is 12.2 Å². The van der Waals surface area contributed by atoms with E-state index in [4.69, 9.17) is 4.74 Å². The van der Waals surface area contributed by atoms with Crippen LogP contribution in [-0.2, 0) is 16.2 Å². The molecule has 0 spiro atoms. The molecule has 162 valence electrons. The van der Waals surface area contributed by atoms with Crippen LogP contribution in [0, 0.1) is 0 Å². The van der Waals surface area contributed by atoms with E-state index in [0.717, 1.165) is 37.1 Å². The molecule has 1 aliphatic heterocycles. The second-order valence-corrected chi connectivity index (χ2v) is 8.64. The smallest absolute Gasteiger partial charge is 0.416 e. The van der Waals surface area contributed by atoms with E-state index in [1.165, 1.54) is 22.5 Å². The van der Waals surface area contributed by atoms with Crippen LogP contribution in [-0.4, -0.2) is 38.3 Å². The van der Waals surface area contributed by atoms with Crippen molar-refractivity contribution in [1.82, 2.24) is 4.31 Å². The Bertz CT molecular complexity index is 1020. The number of hydrogen-bond acceptors (Lipinski definition) is 4. The highest BCUT2D eigenvalue weighted by Crippen LogP contribution is 2.31. The van der Waals surface area contributed by atoms with E-state index in [1.807, 2.05) is 0 Å². The Labute approximate surface area is 172 Å². The van der Waals surface area contributed by atoms with Crippen molar-refractivity contribution in [3.05, 3.63) is 53.6 Å². The fourth-order valence-corrected chi connectivity index (χ4v) is 4.81. The summed E-state index contributed by atoms with van der Waals surface area (Å²) in [6.07, 6.45) is -2.95. The molecule has 6 nitrogen and oxygen atoms in total. The quantitative estimate of drug-likeness (QED) is 0.730. The van der Waals surface area contributed by atoms with Gasteiger partial charge < -0.3 is 10.1 Å². The molecule has 10 heteroatoms. The minimum Gasteiger partial charge on any atom is -0.492 e. The van der Waals surface area contributed by atoms with Crippen LogP contribution >= 0.6 is 0 Å². The minimum absolute atomic E-state index is 0.0520. The van der Waals surface area contributed by atoms with Gasteiger partial charge in [-0.05, 0) is 62.2 Å². The molecule has 1 N–H and O–H groups in total. The predicted molar refractivity (Wildman–Crippen MR) is 105 cm³/mol. The molecular weight excluding hydrogens is 421 g/mol. The summed E-state index contributed by atoms with van der Waals surface area (Å²) in [6.45, 7) is 2.77. The molecule has 0 radical (unpaired) electrons. The van der Waals surface area contributed by atoms with Crippen molar-refractivity contribution in [2.45, 2.75) is 30.8 Å². The van der Waals surface area contributed by atoms with Crippen molar-refractivity contribution in [3.8, 4) is 5.75 Å². The van der Waals surface area contributed by atoms with Crippen molar-refractivity contribution < 1.29 is 31.1 Å². The highest BCUT2D eigenvalue weighted by atomic mass is 32.2. The van der Waals surface area contributed by atoms with Crippen LogP contribution in [0.25, 0.3) is 0 Å². The standard InChI is InChI=1S/C20H21F3N2O4S/c1-2-29-17-10-5-14(13-18(17)30(27,28)25-11-3-4-12-25)19(26)24-16-8-6-15(7-9-16)20(21,22)23/h5-10,13H,2-4,11-12H2,1H3,(H,24,26). The predicted octanol–water partition coefficient (Wildman–Crippen LogP) is 4.14. The number of carbonyl (C=O) groups is 1. The van der Waals surface area contributed by atoms with Crippen molar-refractivity contribution in [1.29, 1.82) is 0 Å². The summed E-state index contributed by atoms with van der Waals surface area (Å²) in [5, 5.41) is 2.48. The normalized spacial score (nSPS) is 15.2. The van der Waals surface area contributed by atoms with Gasteiger partial charge in [-0.3, -0.25) is 4.79 Å². The van der Waals surface area contributed by atoms with Crippen molar-refractivity contribution in [3.63, 3.8) is 0 Å². The van der Waals surface area contributed by atoms with Crippen LogP contribution in [0.1, 0.15) is 35.7 Å².